The third kappa shape index (κ3) is 2.72. The Hall–Kier alpha value is -2.27. The first-order valence-electron chi connectivity index (χ1n) is 7.20. The molecule has 3 rings (SSSR count). The van der Waals surface area contributed by atoms with Crippen LogP contribution in [0.25, 0.3) is 0 Å². The van der Waals surface area contributed by atoms with Crippen molar-refractivity contribution >= 4 is 11.6 Å². The van der Waals surface area contributed by atoms with Crippen LogP contribution in [0.15, 0.2) is 36.4 Å². The largest absolute Gasteiger partial charge is 0.324 e. The van der Waals surface area contributed by atoms with Crippen LogP contribution < -0.4 is 11.1 Å². The van der Waals surface area contributed by atoms with Crippen molar-refractivity contribution in [2.24, 2.45) is 5.73 Å². The average Bonchev–Trinajstić information content (AvgIpc) is 2.51. The van der Waals surface area contributed by atoms with E-state index in [1.807, 2.05) is 6.07 Å². The molecule has 1 amide bonds. The van der Waals surface area contributed by atoms with Crippen molar-refractivity contribution in [2.75, 3.05) is 5.32 Å². The molecule has 1 aliphatic carbocycles. The molecule has 1 aliphatic rings. The maximum atomic E-state index is 13.2. The monoisotopic (exact) mass is 302 g/mol. The zero-order chi connectivity index (χ0) is 15.7. The molecule has 0 fully saturated rings. The maximum absolute atomic E-state index is 13.2. The van der Waals surface area contributed by atoms with Gasteiger partial charge in [0, 0.05) is 23.4 Å². The van der Waals surface area contributed by atoms with Gasteiger partial charge in [0.05, 0.1) is 0 Å². The van der Waals surface area contributed by atoms with Crippen LogP contribution in [0, 0.1) is 11.6 Å². The first-order valence-corrected chi connectivity index (χ1v) is 7.20. The van der Waals surface area contributed by atoms with E-state index in [4.69, 9.17) is 5.73 Å². The van der Waals surface area contributed by atoms with Gasteiger partial charge in [0.15, 0.2) is 11.6 Å². The maximum Gasteiger partial charge on any atom is 0.255 e. The minimum Gasteiger partial charge on any atom is -0.324 e. The van der Waals surface area contributed by atoms with E-state index in [1.54, 1.807) is 12.1 Å². The molecule has 0 radical (unpaired) electrons. The van der Waals surface area contributed by atoms with Crippen LogP contribution in [0.3, 0.4) is 0 Å². The Morgan fingerprint density at radius 3 is 2.77 bits per heavy atom. The molecule has 0 bridgehead atoms. The molecule has 0 saturated heterocycles. The number of nitrogens with two attached hydrogens (primary N) is 1. The van der Waals surface area contributed by atoms with Gasteiger partial charge in [0.2, 0.25) is 0 Å². The zero-order valence-electron chi connectivity index (χ0n) is 11.9. The lowest BCUT2D eigenvalue weighted by Gasteiger charge is -2.24. The van der Waals surface area contributed by atoms with Crippen LogP contribution >= 0.6 is 0 Å². The fraction of sp³-hybridized carbons (Fsp3) is 0.235. The summed E-state index contributed by atoms with van der Waals surface area (Å²) < 4.78 is 26.1. The molecule has 3 N–H and O–H groups in total. The Balaban J connectivity index is 1.89. The topological polar surface area (TPSA) is 55.1 Å². The summed E-state index contributed by atoms with van der Waals surface area (Å²) in [6, 6.07) is 8.69. The van der Waals surface area contributed by atoms with Crippen molar-refractivity contribution in [3.05, 3.63) is 64.7 Å². The van der Waals surface area contributed by atoms with Gasteiger partial charge in [0.1, 0.15) is 0 Å². The molecule has 0 aromatic heterocycles. The highest BCUT2D eigenvalue weighted by Crippen LogP contribution is 2.30. The Bertz CT molecular complexity index is 731. The molecule has 0 aliphatic heterocycles. The highest BCUT2D eigenvalue weighted by atomic mass is 19.2. The van der Waals surface area contributed by atoms with Crippen molar-refractivity contribution in [2.45, 2.75) is 25.3 Å². The van der Waals surface area contributed by atoms with Gasteiger partial charge in [-0.3, -0.25) is 4.79 Å². The summed E-state index contributed by atoms with van der Waals surface area (Å²) in [4.78, 5) is 12.4. The quantitative estimate of drug-likeness (QED) is 0.891. The molecule has 22 heavy (non-hydrogen) atoms. The number of fused-ring (bicyclic) bond motifs is 1. The molecule has 0 unspecified atom stereocenters. The molecule has 0 saturated carbocycles. The Morgan fingerprint density at radius 1 is 1.18 bits per heavy atom. The Kier molecular flexibility index (Phi) is 3.90. The van der Waals surface area contributed by atoms with Crippen molar-refractivity contribution in [1.82, 2.24) is 0 Å². The average molecular weight is 302 g/mol. The van der Waals surface area contributed by atoms with E-state index in [0.29, 0.717) is 5.56 Å². The van der Waals surface area contributed by atoms with Gasteiger partial charge in [-0.1, -0.05) is 12.1 Å². The molecular weight excluding hydrogens is 286 g/mol. The van der Waals surface area contributed by atoms with Crippen LogP contribution in [0.1, 0.15) is 40.4 Å². The Morgan fingerprint density at radius 2 is 2.00 bits per heavy atom. The molecule has 0 spiro atoms. The lowest BCUT2D eigenvalue weighted by Crippen LogP contribution is -2.22. The highest BCUT2D eigenvalue weighted by molar-refractivity contribution is 6.05. The zero-order valence-corrected chi connectivity index (χ0v) is 11.9. The van der Waals surface area contributed by atoms with Crippen molar-refractivity contribution in [3.8, 4) is 0 Å². The number of hydrogen-bond donors (Lipinski definition) is 2. The first kappa shape index (κ1) is 14.7. The molecular formula is C17H16F2N2O. The van der Waals surface area contributed by atoms with Crippen LogP contribution in [-0.4, -0.2) is 5.91 Å². The third-order valence-corrected chi connectivity index (χ3v) is 3.98. The van der Waals surface area contributed by atoms with Crippen molar-refractivity contribution < 1.29 is 13.6 Å². The van der Waals surface area contributed by atoms with E-state index in [9.17, 15) is 13.6 Å². The molecule has 114 valence electrons. The standard InChI is InChI=1S/C17H16F2N2O/c18-14-8-7-10(9-15(14)19)21-17(22)13-5-1-4-12-11(13)3-2-6-16(12)20/h1,4-5,7-9,16H,2-3,6,20H2,(H,21,22)/t16-/m0/s1. The summed E-state index contributed by atoms with van der Waals surface area (Å²) >= 11 is 0. The van der Waals surface area contributed by atoms with Crippen LogP contribution in [-0.2, 0) is 6.42 Å². The van der Waals surface area contributed by atoms with Crippen LogP contribution in [0.5, 0.6) is 0 Å². The number of halogens is 2. The number of hydrogen-bond acceptors (Lipinski definition) is 2. The van der Waals surface area contributed by atoms with Crippen molar-refractivity contribution in [3.63, 3.8) is 0 Å². The smallest absolute Gasteiger partial charge is 0.255 e. The van der Waals surface area contributed by atoms with Gasteiger partial charge in [-0.05, 0) is 48.6 Å². The minimum atomic E-state index is -0.991. The fourth-order valence-corrected chi connectivity index (χ4v) is 2.87. The summed E-state index contributed by atoms with van der Waals surface area (Å²) in [7, 11) is 0. The number of amides is 1. The first-order chi connectivity index (χ1) is 10.6. The van der Waals surface area contributed by atoms with Crippen LogP contribution in [0.2, 0.25) is 0 Å². The van der Waals surface area contributed by atoms with Gasteiger partial charge in [0.25, 0.3) is 5.91 Å². The molecule has 5 heteroatoms. The molecule has 2 aromatic rings. The SMILES string of the molecule is N[C@H]1CCCc2c(C(=O)Nc3ccc(F)c(F)c3)cccc21. The van der Waals surface area contributed by atoms with E-state index in [0.717, 1.165) is 42.5 Å². The lowest BCUT2D eigenvalue weighted by atomic mass is 9.85. The minimum absolute atomic E-state index is 0.0558. The van der Waals surface area contributed by atoms with Gasteiger partial charge in [-0.25, -0.2) is 8.78 Å². The second-order valence-electron chi connectivity index (χ2n) is 5.46. The van der Waals surface area contributed by atoms with Crippen molar-refractivity contribution in [1.29, 1.82) is 0 Å². The molecule has 0 heterocycles. The molecule has 2 aromatic carbocycles. The summed E-state index contributed by atoms with van der Waals surface area (Å²) in [5, 5.41) is 2.60. The summed E-state index contributed by atoms with van der Waals surface area (Å²) in [5.41, 5.74) is 8.78. The number of rotatable bonds is 2. The summed E-state index contributed by atoms with van der Waals surface area (Å²) in [5.74, 6) is -2.27. The van der Waals surface area contributed by atoms with Gasteiger partial charge in [-0.15, -0.1) is 0 Å². The van der Waals surface area contributed by atoms with Gasteiger partial charge < -0.3 is 11.1 Å². The number of benzene rings is 2. The lowest BCUT2D eigenvalue weighted by molar-refractivity contribution is 0.102. The predicted molar refractivity (Wildman–Crippen MR) is 80.6 cm³/mol. The van der Waals surface area contributed by atoms with Gasteiger partial charge in [-0.2, -0.15) is 0 Å². The van der Waals surface area contributed by atoms with E-state index in [1.165, 1.54) is 6.07 Å². The van der Waals surface area contributed by atoms with Crippen LogP contribution in [0.4, 0.5) is 14.5 Å². The number of nitrogens with one attached hydrogen (secondary N) is 1. The predicted octanol–water partition coefficient (Wildman–Crippen LogP) is 3.55. The summed E-state index contributed by atoms with van der Waals surface area (Å²) in [6.07, 6.45) is 2.63. The van der Waals surface area contributed by atoms with E-state index in [-0.39, 0.29) is 17.6 Å². The number of anilines is 1. The third-order valence-electron chi connectivity index (χ3n) is 3.98. The second-order valence-corrected chi connectivity index (χ2v) is 5.46. The normalized spacial score (nSPS) is 17.0. The number of carbonyl (C=O) groups is 1. The summed E-state index contributed by atoms with van der Waals surface area (Å²) in [6.45, 7) is 0. The molecule has 3 nitrogen and oxygen atoms in total. The van der Waals surface area contributed by atoms with Gasteiger partial charge >= 0.3 is 0 Å². The second kappa shape index (κ2) is 5.85. The highest BCUT2D eigenvalue weighted by Gasteiger charge is 2.22. The number of carbonyl (C=O) groups excluding carboxylic acids is 1. The Labute approximate surface area is 127 Å². The van der Waals surface area contributed by atoms with E-state index >= 15 is 0 Å². The van der Waals surface area contributed by atoms with E-state index in [2.05, 4.69) is 5.32 Å². The fourth-order valence-electron chi connectivity index (χ4n) is 2.87. The molecule has 1 atom stereocenters. The van der Waals surface area contributed by atoms with E-state index < -0.39 is 11.6 Å².